The van der Waals surface area contributed by atoms with Gasteiger partial charge >= 0.3 is 12.4 Å². The van der Waals surface area contributed by atoms with Gasteiger partial charge in [0.1, 0.15) is 0 Å². The largest absolute Gasteiger partial charge is 0.468 e. The highest BCUT2D eigenvalue weighted by atomic mass is 19.4. The van der Waals surface area contributed by atoms with Crippen LogP contribution in [0.1, 0.15) is 56.2 Å². The van der Waals surface area contributed by atoms with Gasteiger partial charge in [-0.1, -0.05) is 6.07 Å². The van der Waals surface area contributed by atoms with E-state index in [0.29, 0.717) is 12.3 Å². The number of alkyl halides is 6. The van der Waals surface area contributed by atoms with Gasteiger partial charge in [-0.05, 0) is 56.6 Å². The minimum Gasteiger partial charge on any atom is -0.468 e. The second-order valence-electron chi connectivity index (χ2n) is 9.19. The number of amides is 1. The summed E-state index contributed by atoms with van der Waals surface area (Å²) >= 11 is 0. The van der Waals surface area contributed by atoms with E-state index in [2.05, 4.69) is 15.2 Å². The number of hydrogen-bond donors (Lipinski definition) is 1. The number of rotatable bonds is 8. The molecule has 1 aliphatic carbocycles. The fourth-order valence-electron chi connectivity index (χ4n) is 4.58. The maximum Gasteiger partial charge on any atom is 0.422 e. The van der Waals surface area contributed by atoms with Crippen molar-refractivity contribution in [3.8, 4) is 5.88 Å². The van der Waals surface area contributed by atoms with Crippen molar-refractivity contribution < 1.29 is 35.9 Å². The van der Waals surface area contributed by atoms with Crippen molar-refractivity contribution in [2.75, 3.05) is 26.2 Å². The summed E-state index contributed by atoms with van der Waals surface area (Å²) in [6.45, 7) is 1.17. The van der Waals surface area contributed by atoms with E-state index in [9.17, 15) is 31.1 Å². The Labute approximate surface area is 195 Å². The van der Waals surface area contributed by atoms with Crippen molar-refractivity contribution in [3.05, 3.63) is 23.4 Å². The van der Waals surface area contributed by atoms with E-state index in [1.165, 1.54) is 6.07 Å². The van der Waals surface area contributed by atoms with E-state index in [0.717, 1.165) is 69.4 Å². The molecule has 1 fully saturated rings. The zero-order valence-electron chi connectivity index (χ0n) is 19.0. The lowest BCUT2D eigenvalue weighted by molar-refractivity contribution is -0.154. The second kappa shape index (κ2) is 11.6. The van der Waals surface area contributed by atoms with Crippen molar-refractivity contribution in [2.24, 2.45) is 5.92 Å². The third-order valence-electron chi connectivity index (χ3n) is 6.49. The lowest BCUT2D eigenvalue weighted by Crippen LogP contribution is -2.38. The van der Waals surface area contributed by atoms with Crippen molar-refractivity contribution in [2.45, 2.75) is 76.2 Å². The summed E-state index contributed by atoms with van der Waals surface area (Å²) in [6.07, 6.45) is -4.49. The first kappa shape index (κ1) is 26.6. The van der Waals surface area contributed by atoms with Crippen molar-refractivity contribution >= 4 is 5.91 Å². The van der Waals surface area contributed by atoms with Crippen LogP contribution in [0.25, 0.3) is 0 Å². The first-order valence-corrected chi connectivity index (χ1v) is 11.7. The highest BCUT2D eigenvalue weighted by Crippen LogP contribution is 2.28. The quantitative estimate of drug-likeness (QED) is 0.525. The lowest BCUT2D eigenvalue weighted by Gasteiger charge is -2.30. The van der Waals surface area contributed by atoms with Gasteiger partial charge in [-0.2, -0.15) is 26.3 Å². The van der Waals surface area contributed by atoms with Crippen LogP contribution in [0.4, 0.5) is 26.3 Å². The van der Waals surface area contributed by atoms with Gasteiger partial charge in [0.05, 0.1) is 6.42 Å². The molecule has 0 radical (unpaired) electrons. The van der Waals surface area contributed by atoms with E-state index in [1.54, 1.807) is 6.07 Å². The summed E-state index contributed by atoms with van der Waals surface area (Å²) in [6, 6.07) is 3.23. The molecule has 1 aliphatic heterocycles. The smallest absolute Gasteiger partial charge is 0.422 e. The number of aromatic nitrogens is 1. The minimum absolute atomic E-state index is 0.00761. The Balaban J connectivity index is 1.36. The van der Waals surface area contributed by atoms with Crippen LogP contribution in [-0.4, -0.2) is 60.4 Å². The molecule has 1 saturated carbocycles. The number of pyridine rings is 1. The highest BCUT2D eigenvalue weighted by molar-refractivity contribution is 5.76. The number of hydrogen-bond acceptors (Lipinski definition) is 4. The Morgan fingerprint density at radius 3 is 2.41 bits per heavy atom. The summed E-state index contributed by atoms with van der Waals surface area (Å²) in [5.74, 6) is -0.0354. The number of nitrogens with one attached hydrogen (secondary N) is 1. The number of nitrogens with zero attached hydrogens (tertiary/aromatic N) is 2. The molecule has 3 rings (SSSR count). The Morgan fingerprint density at radius 2 is 1.74 bits per heavy atom. The normalized spacial score (nSPS) is 22.1. The molecule has 0 atom stereocenters. The number of ether oxygens (including phenoxy) is 1. The zero-order chi connectivity index (χ0) is 24.8. The van der Waals surface area contributed by atoms with E-state index in [-0.39, 0.29) is 11.9 Å². The molecule has 0 spiro atoms. The molecule has 0 saturated heterocycles. The molecule has 1 N–H and O–H groups in total. The van der Waals surface area contributed by atoms with E-state index >= 15 is 0 Å². The van der Waals surface area contributed by atoms with E-state index < -0.39 is 37.7 Å². The van der Waals surface area contributed by atoms with Crippen LogP contribution in [-0.2, 0) is 17.6 Å². The van der Waals surface area contributed by atoms with Crippen LogP contribution in [0.2, 0.25) is 0 Å². The van der Waals surface area contributed by atoms with Crippen LogP contribution >= 0.6 is 0 Å². The molecule has 34 heavy (non-hydrogen) atoms. The lowest BCUT2D eigenvalue weighted by atomic mass is 9.84. The predicted octanol–water partition coefficient (Wildman–Crippen LogP) is 4.83. The molecular formula is C23H31F6N3O2. The zero-order valence-corrected chi connectivity index (χ0v) is 19.0. The minimum atomic E-state index is -4.40. The summed E-state index contributed by atoms with van der Waals surface area (Å²) in [5.41, 5.74) is 1.81. The number of fused-ring (bicyclic) bond motifs is 1. The van der Waals surface area contributed by atoms with Gasteiger partial charge in [0.25, 0.3) is 0 Å². The number of carbonyl (C=O) groups excluding carboxylic acids is 1. The third kappa shape index (κ3) is 9.31. The SMILES string of the molecule is O=C(CCC(F)(F)F)N[C@H]1CC[C@H](CCN2CCc3ccc(OCC(F)(F)F)nc3CC2)CC1. The summed E-state index contributed by atoms with van der Waals surface area (Å²) in [7, 11) is 0. The Kier molecular flexibility index (Phi) is 9.06. The molecule has 11 heteroatoms. The van der Waals surface area contributed by atoms with Gasteiger partial charge in [-0.25, -0.2) is 4.98 Å². The second-order valence-corrected chi connectivity index (χ2v) is 9.19. The first-order chi connectivity index (χ1) is 16.0. The molecule has 5 nitrogen and oxygen atoms in total. The highest BCUT2D eigenvalue weighted by Gasteiger charge is 2.30. The molecule has 0 unspecified atom stereocenters. The van der Waals surface area contributed by atoms with Crippen LogP contribution in [0.15, 0.2) is 12.1 Å². The molecule has 1 aromatic rings. The molecule has 0 bridgehead atoms. The fourth-order valence-corrected chi connectivity index (χ4v) is 4.58. The van der Waals surface area contributed by atoms with Crippen molar-refractivity contribution in [1.29, 1.82) is 0 Å². The molecular weight excluding hydrogens is 464 g/mol. The summed E-state index contributed by atoms with van der Waals surface area (Å²) < 4.78 is 78.6. The van der Waals surface area contributed by atoms with Crippen molar-refractivity contribution in [1.82, 2.24) is 15.2 Å². The average molecular weight is 496 g/mol. The maximum atomic E-state index is 12.4. The van der Waals surface area contributed by atoms with Gasteiger partial charge in [-0.15, -0.1) is 0 Å². The number of halogens is 6. The van der Waals surface area contributed by atoms with Gasteiger partial charge in [-0.3, -0.25) is 4.79 Å². The predicted molar refractivity (Wildman–Crippen MR) is 113 cm³/mol. The van der Waals surface area contributed by atoms with Crippen molar-refractivity contribution in [3.63, 3.8) is 0 Å². The third-order valence-corrected chi connectivity index (χ3v) is 6.49. The molecule has 2 aliphatic rings. The molecule has 1 amide bonds. The standard InChI is InChI=1S/C23H31F6N3O2/c24-22(25,26)11-7-20(33)30-18-4-1-16(2-5-18)8-12-32-13-9-17-3-6-21(31-19(17)10-14-32)34-15-23(27,28)29/h3,6,16,18H,1-2,4-5,7-15H2,(H,30,33)/t16-,18-. The van der Waals surface area contributed by atoms with Crippen LogP contribution in [0.5, 0.6) is 5.88 Å². The number of carbonyl (C=O) groups is 1. The Bertz CT molecular complexity index is 807. The van der Waals surface area contributed by atoms with Crippen LogP contribution < -0.4 is 10.1 Å². The molecule has 0 aromatic carbocycles. The molecule has 2 heterocycles. The molecule has 192 valence electrons. The topological polar surface area (TPSA) is 54.5 Å². The Morgan fingerprint density at radius 1 is 1.03 bits per heavy atom. The first-order valence-electron chi connectivity index (χ1n) is 11.7. The average Bonchev–Trinajstić information content (AvgIpc) is 2.97. The van der Waals surface area contributed by atoms with Crippen LogP contribution in [0, 0.1) is 5.92 Å². The monoisotopic (exact) mass is 495 g/mol. The fraction of sp³-hybridized carbons (Fsp3) is 0.739. The van der Waals surface area contributed by atoms with E-state index in [4.69, 9.17) is 4.74 Å². The van der Waals surface area contributed by atoms with Gasteiger partial charge in [0, 0.05) is 43.7 Å². The van der Waals surface area contributed by atoms with Crippen LogP contribution in [0.3, 0.4) is 0 Å². The Hall–Kier alpha value is -2.04. The van der Waals surface area contributed by atoms with Gasteiger partial charge in [0.2, 0.25) is 11.8 Å². The summed E-state index contributed by atoms with van der Waals surface area (Å²) in [4.78, 5) is 18.3. The van der Waals surface area contributed by atoms with Gasteiger partial charge < -0.3 is 15.0 Å². The maximum absolute atomic E-state index is 12.4. The summed E-state index contributed by atoms with van der Waals surface area (Å²) in [5, 5.41) is 2.73. The molecule has 1 aromatic heterocycles. The van der Waals surface area contributed by atoms with Gasteiger partial charge in [0.15, 0.2) is 6.61 Å². The van der Waals surface area contributed by atoms with E-state index in [1.807, 2.05) is 0 Å².